The molecule has 0 aliphatic carbocycles. The summed E-state index contributed by atoms with van der Waals surface area (Å²) in [7, 11) is 3.41. The number of rotatable bonds is 3. The van der Waals surface area contributed by atoms with Gasteiger partial charge in [-0.2, -0.15) is 5.10 Å². The molecule has 1 saturated heterocycles. The van der Waals surface area contributed by atoms with Gasteiger partial charge in [-0.1, -0.05) is 30.3 Å². The van der Waals surface area contributed by atoms with Crippen LogP contribution in [-0.2, 0) is 17.3 Å². The fourth-order valence-corrected chi connectivity index (χ4v) is 5.20. The number of amides is 2. The third kappa shape index (κ3) is 2.69. The highest BCUT2D eigenvalue weighted by atomic mass is 16.5. The van der Waals surface area contributed by atoms with Crippen LogP contribution in [0.4, 0.5) is 5.69 Å². The Balaban J connectivity index is 1.67. The van der Waals surface area contributed by atoms with Crippen molar-refractivity contribution in [3.05, 3.63) is 77.1 Å². The van der Waals surface area contributed by atoms with Crippen molar-refractivity contribution in [2.24, 2.45) is 7.05 Å². The van der Waals surface area contributed by atoms with Gasteiger partial charge >= 0.3 is 0 Å². The molecule has 2 amide bonds. The van der Waals surface area contributed by atoms with Crippen LogP contribution < -0.4 is 10.1 Å². The molecule has 0 radical (unpaired) electrons. The number of likely N-dealkylation sites (tertiary alicyclic amines) is 1. The summed E-state index contributed by atoms with van der Waals surface area (Å²) in [5.41, 5.74) is 3.12. The Hall–Kier alpha value is -3.61. The Morgan fingerprint density at radius 3 is 2.77 bits per heavy atom. The van der Waals surface area contributed by atoms with Crippen LogP contribution >= 0.6 is 0 Å². The van der Waals surface area contributed by atoms with Gasteiger partial charge in [0.2, 0.25) is 5.91 Å². The molecule has 1 N–H and O–H groups in total. The molecule has 0 bridgehead atoms. The summed E-state index contributed by atoms with van der Waals surface area (Å²) in [6, 6.07) is 12.8. The second-order valence-electron chi connectivity index (χ2n) is 8.23. The number of benzene rings is 2. The van der Waals surface area contributed by atoms with Gasteiger partial charge in [-0.15, -0.1) is 0 Å². The van der Waals surface area contributed by atoms with Crippen molar-refractivity contribution in [2.75, 3.05) is 19.0 Å². The predicted octanol–water partition coefficient (Wildman–Crippen LogP) is 3.21. The van der Waals surface area contributed by atoms with E-state index in [-0.39, 0.29) is 11.8 Å². The molecule has 2 aliphatic rings. The van der Waals surface area contributed by atoms with E-state index in [0.29, 0.717) is 24.3 Å². The largest absolute Gasteiger partial charge is 0.496 e. The maximum Gasteiger partial charge on any atom is 0.258 e. The minimum absolute atomic E-state index is 0.0749. The van der Waals surface area contributed by atoms with E-state index in [1.807, 2.05) is 56.6 Å². The summed E-state index contributed by atoms with van der Waals surface area (Å²) in [5, 5.41) is 7.37. The Labute approximate surface area is 180 Å². The molecule has 3 aromatic rings. The number of methoxy groups -OCH3 is 1. The minimum Gasteiger partial charge on any atom is -0.496 e. The third-order valence-electron chi connectivity index (χ3n) is 6.53. The van der Waals surface area contributed by atoms with Gasteiger partial charge < -0.3 is 15.0 Å². The molecule has 1 spiro atoms. The molecule has 3 heterocycles. The van der Waals surface area contributed by atoms with Gasteiger partial charge in [-0.3, -0.25) is 14.3 Å². The molecule has 0 saturated carbocycles. The number of para-hydroxylation sites is 2. The van der Waals surface area contributed by atoms with Crippen molar-refractivity contribution in [1.82, 2.24) is 14.7 Å². The molecule has 7 nitrogen and oxygen atoms in total. The zero-order valence-corrected chi connectivity index (χ0v) is 17.8. The van der Waals surface area contributed by atoms with E-state index in [4.69, 9.17) is 4.74 Å². The molecule has 2 aromatic carbocycles. The number of ether oxygens (including phenoxy) is 1. The fraction of sp³-hybridized carbons (Fsp3) is 0.292. The molecule has 2 aliphatic heterocycles. The minimum atomic E-state index is -0.855. The van der Waals surface area contributed by atoms with Crippen LogP contribution in [0.25, 0.3) is 0 Å². The van der Waals surface area contributed by atoms with Crippen LogP contribution in [0, 0.1) is 6.92 Å². The fourth-order valence-electron chi connectivity index (χ4n) is 5.20. The van der Waals surface area contributed by atoms with Crippen LogP contribution in [0.1, 0.15) is 39.5 Å². The van der Waals surface area contributed by atoms with Crippen LogP contribution in [0.3, 0.4) is 0 Å². The molecule has 1 aromatic heterocycles. The topological polar surface area (TPSA) is 76.5 Å². The molecule has 0 unspecified atom stereocenters. The number of nitrogens with zero attached hydrogens (tertiary/aromatic N) is 3. The molecule has 2 atom stereocenters. The number of nitrogens with one attached hydrogen (secondary N) is 1. The summed E-state index contributed by atoms with van der Waals surface area (Å²) < 4.78 is 7.26. The monoisotopic (exact) mass is 416 g/mol. The molecule has 1 fully saturated rings. The Kier molecular flexibility index (Phi) is 4.36. The summed E-state index contributed by atoms with van der Waals surface area (Å²) in [6.07, 6.45) is 4.18. The zero-order valence-electron chi connectivity index (χ0n) is 17.8. The lowest BCUT2D eigenvalue weighted by Gasteiger charge is -2.33. The standard InChI is InChI=1S/C24H24N4O3/c1-15-7-6-8-17(20(15)31-3)22(29)28-12-11-24(21(28)16-13-25-27(2)14-16)18-9-4-5-10-19(18)26-23(24)30/h4-10,13-14,21H,11-12H2,1-3H3,(H,26,30)/t21-,24+/m0/s1. The number of hydrogen-bond donors (Lipinski definition) is 1. The number of carbonyl (C=O) groups excluding carboxylic acids is 2. The predicted molar refractivity (Wildman–Crippen MR) is 116 cm³/mol. The average Bonchev–Trinajstić information content (AvgIpc) is 3.44. The van der Waals surface area contributed by atoms with E-state index < -0.39 is 11.5 Å². The highest BCUT2D eigenvalue weighted by molar-refractivity contribution is 6.08. The lowest BCUT2D eigenvalue weighted by Crippen LogP contribution is -2.42. The first-order valence-corrected chi connectivity index (χ1v) is 10.3. The van der Waals surface area contributed by atoms with E-state index in [9.17, 15) is 9.59 Å². The Morgan fingerprint density at radius 2 is 2.03 bits per heavy atom. The van der Waals surface area contributed by atoms with E-state index in [0.717, 1.165) is 22.4 Å². The number of hydrogen-bond acceptors (Lipinski definition) is 4. The van der Waals surface area contributed by atoms with E-state index in [1.165, 1.54) is 0 Å². The highest BCUT2D eigenvalue weighted by Gasteiger charge is 2.59. The highest BCUT2D eigenvalue weighted by Crippen LogP contribution is 2.55. The first kappa shape index (κ1) is 19.4. The average molecular weight is 416 g/mol. The van der Waals surface area contributed by atoms with E-state index in [1.54, 1.807) is 29.0 Å². The quantitative estimate of drug-likeness (QED) is 0.711. The van der Waals surface area contributed by atoms with Gasteiger partial charge in [0.1, 0.15) is 11.2 Å². The van der Waals surface area contributed by atoms with Crippen LogP contribution in [0.15, 0.2) is 54.9 Å². The van der Waals surface area contributed by atoms with Gasteiger partial charge in [0.05, 0.1) is 24.9 Å². The number of carbonyl (C=O) groups is 2. The van der Waals surface area contributed by atoms with Gasteiger partial charge in [0.25, 0.3) is 5.91 Å². The van der Waals surface area contributed by atoms with Gasteiger partial charge in [-0.05, 0) is 36.6 Å². The molecule has 158 valence electrons. The van der Waals surface area contributed by atoms with Crippen molar-refractivity contribution >= 4 is 17.5 Å². The lowest BCUT2D eigenvalue weighted by atomic mass is 9.73. The van der Waals surface area contributed by atoms with E-state index in [2.05, 4.69) is 10.4 Å². The second-order valence-corrected chi connectivity index (χ2v) is 8.23. The van der Waals surface area contributed by atoms with Crippen molar-refractivity contribution in [3.63, 3.8) is 0 Å². The zero-order chi connectivity index (χ0) is 21.8. The van der Waals surface area contributed by atoms with Gasteiger partial charge in [-0.25, -0.2) is 0 Å². The Bertz CT molecular complexity index is 1200. The maximum absolute atomic E-state index is 13.8. The lowest BCUT2D eigenvalue weighted by molar-refractivity contribution is -0.121. The summed E-state index contributed by atoms with van der Waals surface area (Å²) in [4.78, 5) is 29.0. The summed E-state index contributed by atoms with van der Waals surface area (Å²) in [5.74, 6) is 0.340. The van der Waals surface area contributed by atoms with Crippen molar-refractivity contribution in [3.8, 4) is 5.75 Å². The van der Waals surface area contributed by atoms with Gasteiger partial charge in [0.15, 0.2) is 0 Å². The molecule has 31 heavy (non-hydrogen) atoms. The summed E-state index contributed by atoms with van der Waals surface area (Å²) >= 11 is 0. The maximum atomic E-state index is 13.8. The number of aryl methyl sites for hydroxylation is 2. The van der Waals surface area contributed by atoms with Gasteiger partial charge in [0, 0.05) is 31.0 Å². The third-order valence-corrected chi connectivity index (χ3v) is 6.53. The SMILES string of the molecule is COc1c(C)cccc1C(=O)N1CC[C@]2(C(=O)Nc3ccccc32)[C@@H]1c1cnn(C)c1. The van der Waals surface area contributed by atoms with Crippen molar-refractivity contribution < 1.29 is 14.3 Å². The molecule has 7 heteroatoms. The smallest absolute Gasteiger partial charge is 0.258 e. The number of fused-ring (bicyclic) bond motifs is 2. The molecule has 5 rings (SSSR count). The number of aromatic nitrogens is 2. The first-order valence-electron chi connectivity index (χ1n) is 10.3. The van der Waals surface area contributed by atoms with Crippen molar-refractivity contribution in [2.45, 2.75) is 24.8 Å². The first-order chi connectivity index (χ1) is 15.0. The van der Waals surface area contributed by atoms with Crippen LogP contribution in [0.2, 0.25) is 0 Å². The molecular formula is C24H24N4O3. The summed E-state index contributed by atoms with van der Waals surface area (Å²) in [6.45, 7) is 2.37. The van der Waals surface area contributed by atoms with Crippen molar-refractivity contribution in [1.29, 1.82) is 0 Å². The van der Waals surface area contributed by atoms with Crippen LogP contribution in [-0.4, -0.2) is 40.1 Å². The normalized spacial score (nSPS) is 22.0. The van der Waals surface area contributed by atoms with Crippen LogP contribution in [0.5, 0.6) is 5.75 Å². The van der Waals surface area contributed by atoms with E-state index >= 15 is 0 Å². The number of anilines is 1. The Morgan fingerprint density at radius 1 is 1.23 bits per heavy atom. The second kappa shape index (κ2) is 6.97. The molecular weight excluding hydrogens is 392 g/mol.